The Morgan fingerprint density at radius 2 is 1.64 bits per heavy atom. The lowest BCUT2D eigenvalue weighted by molar-refractivity contribution is -0.163. The van der Waals surface area contributed by atoms with E-state index < -0.39 is 21.6 Å². The van der Waals surface area contributed by atoms with Crippen LogP contribution in [0.25, 0.3) is 0 Å². The van der Waals surface area contributed by atoms with E-state index in [0.29, 0.717) is 12.5 Å². The molecule has 0 spiro atoms. The van der Waals surface area contributed by atoms with Crippen LogP contribution in [0.5, 0.6) is 0 Å². The summed E-state index contributed by atoms with van der Waals surface area (Å²) in [5.74, 6) is 0. The van der Waals surface area contributed by atoms with E-state index in [2.05, 4.69) is 0 Å². The number of hydrogen-bond donors (Lipinski definition) is 0. The van der Waals surface area contributed by atoms with Crippen LogP contribution >= 0.6 is 0 Å². The number of alkyl halides is 3. The molecule has 0 aromatic rings. The second kappa shape index (κ2) is 5.69. The van der Waals surface area contributed by atoms with Gasteiger partial charge >= 0.3 is 15.0 Å². The summed E-state index contributed by atoms with van der Waals surface area (Å²) < 4.78 is 50.2. The highest BCUT2D eigenvalue weighted by atomic mass is 28.4. The summed E-state index contributed by atoms with van der Waals surface area (Å²) in [6.45, 7) is 0.512. The Morgan fingerprint density at radius 1 is 1.14 bits per heavy atom. The van der Waals surface area contributed by atoms with Gasteiger partial charge in [0.15, 0.2) is 0 Å². The fourth-order valence-corrected chi connectivity index (χ4v) is 2.93. The van der Waals surface area contributed by atoms with Crippen molar-refractivity contribution in [3.63, 3.8) is 0 Å². The Labute approximate surface area is 82.5 Å². The van der Waals surface area contributed by atoms with Gasteiger partial charge in [-0.15, -0.1) is 0 Å². The van der Waals surface area contributed by atoms with E-state index in [1.807, 2.05) is 6.92 Å². The van der Waals surface area contributed by atoms with Crippen LogP contribution in [-0.2, 0) is 13.3 Å². The molecule has 0 aromatic heterocycles. The van der Waals surface area contributed by atoms with E-state index in [1.165, 1.54) is 14.2 Å². The predicted molar refractivity (Wildman–Crippen MR) is 46.9 cm³/mol. The minimum atomic E-state index is -4.34. The molecule has 3 nitrogen and oxygen atoms in total. The predicted octanol–water partition coefficient (Wildman–Crippen LogP) is 2.21. The van der Waals surface area contributed by atoms with Gasteiger partial charge in [0.1, 0.15) is 6.61 Å². The Morgan fingerprint density at radius 3 is 1.93 bits per heavy atom. The van der Waals surface area contributed by atoms with Gasteiger partial charge in [0.2, 0.25) is 0 Å². The maximum absolute atomic E-state index is 11.9. The summed E-state index contributed by atoms with van der Waals surface area (Å²) in [5.41, 5.74) is 0. The molecule has 0 heterocycles. The summed E-state index contributed by atoms with van der Waals surface area (Å²) in [6.07, 6.45) is -3.69. The molecular formula is C7H15F3O3Si. The van der Waals surface area contributed by atoms with E-state index in [0.717, 1.165) is 0 Å². The molecule has 0 aromatic carbocycles. The van der Waals surface area contributed by atoms with Gasteiger partial charge in [0.25, 0.3) is 0 Å². The SMILES string of the molecule is CCC[Si](OC)(OC)OCC(F)(F)F. The number of halogens is 3. The summed E-state index contributed by atoms with van der Waals surface area (Å²) >= 11 is 0. The zero-order valence-electron chi connectivity index (χ0n) is 8.48. The van der Waals surface area contributed by atoms with Gasteiger partial charge in [0, 0.05) is 20.3 Å². The highest BCUT2D eigenvalue weighted by Gasteiger charge is 2.42. The van der Waals surface area contributed by atoms with Crippen molar-refractivity contribution in [2.75, 3.05) is 20.8 Å². The van der Waals surface area contributed by atoms with Crippen molar-refractivity contribution in [1.82, 2.24) is 0 Å². The molecule has 86 valence electrons. The van der Waals surface area contributed by atoms with Gasteiger partial charge in [0.05, 0.1) is 0 Å². The van der Waals surface area contributed by atoms with Crippen LogP contribution in [-0.4, -0.2) is 35.8 Å². The van der Waals surface area contributed by atoms with Gasteiger partial charge in [-0.1, -0.05) is 13.3 Å². The Kier molecular flexibility index (Phi) is 5.65. The molecular weight excluding hydrogens is 217 g/mol. The Bertz CT molecular complexity index is 159. The van der Waals surface area contributed by atoms with Crippen LogP contribution in [0.3, 0.4) is 0 Å². The van der Waals surface area contributed by atoms with E-state index in [1.54, 1.807) is 0 Å². The third-order valence-corrected chi connectivity index (χ3v) is 4.57. The van der Waals surface area contributed by atoms with Crippen molar-refractivity contribution in [2.24, 2.45) is 0 Å². The standard InChI is InChI=1S/C7H15F3O3Si/c1-4-5-14(11-2,12-3)13-6-7(8,9)10/h4-6H2,1-3H3. The first kappa shape index (κ1) is 13.9. The minimum Gasteiger partial charge on any atom is -0.377 e. The molecule has 0 aliphatic rings. The van der Waals surface area contributed by atoms with Crippen LogP contribution in [0.15, 0.2) is 0 Å². The van der Waals surface area contributed by atoms with Crippen molar-refractivity contribution in [3.05, 3.63) is 0 Å². The number of hydrogen-bond acceptors (Lipinski definition) is 3. The molecule has 0 saturated carbocycles. The molecule has 14 heavy (non-hydrogen) atoms. The molecule has 0 N–H and O–H groups in total. The molecule has 0 fully saturated rings. The van der Waals surface area contributed by atoms with E-state index in [-0.39, 0.29) is 0 Å². The molecule has 0 radical (unpaired) electrons. The first-order valence-electron chi connectivity index (χ1n) is 4.20. The highest BCUT2D eigenvalue weighted by molar-refractivity contribution is 6.60. The van der Waals surface area contributed by atoms with Gasteiger partial charge in [-0.3, -0.25) is 0 Å². The van der Waals surface area contributed by atoms with Crippen molar-refractivity contribution >= 4 is 8.80 Å². The summed E-state index contributed by atoms with van der Waals surface area (Å²) in [6, 6.07) is 0.385. The van der Waals surface area contributed by atoms with Gasteiger partial charge < -0.3 is 13.3 Å². The summed E-state index contributed by atoms with van der Waals surface area (Å²) in [7, 11) is -0.459. The van der Waals surface area contributed by atoms with Crippen molar-refractivity contribution in [1.29, 1.82) is 0 Å². The lowest BCUT2D eigenvalue weighted by Gasteiger charge is -2.26. The summed E-state index contributed by atoms with van der Waals surface area (Å²) in [4.78, 5) is 0. The van der Waals surface area contributed by atoms with Gasteiger partial charge in [-0.05, 0) is 0 Å². The minimum absolute atomic E-state index is 0.385. The Balaban J connectivity index is 4.21. The fraction of sp³-hybridized carbons (Fsp3) is 1.00. The molecule has 0 unspecified atom stereocenters. The molecule has 0 rings (SSSR count). The monoisotopic (exact) mass is 232 g/mol. The van der Waals surface area contributed by atoms with Crippen LogP contribution in [0.1, 0.15) is 13.3 Å². The van der Waals surface area contributed by atoms with Crippen molar-refractivity contribution in [2.45, 2.75) is 25.6 Å². The molecule has 0 atom stereocenters. The van der Waals surface area contributed by atoms with Crippen LogP contribution < -0.4 is 0 Å². The number of rotatable bonds is 6. The molecule has 0 amide bonds. The molecule has 0 aliphatic carbocycles. The smallest absolute Gasteiger partial charge is 0.377 e. The third kappa shape index (κ3) is 4.94. The second-order valence-corrected chi connectivity index (χ2v) is 5.72. The largest absolute Gasteiger partial charge is 0.500 e. The first-order valence-corrected chi connectivity index (χ1v) is 6.13. The molecule has 7 heteroatoms. The van der Waals surface area contributed by atoms with Crippen LogP contribution in [0.4, 0.5) is 13.2 Å². The maximum atomic E-state index is 11.9. The molecule has 0 aliphatic heterocycles. The zero-order valence-corrected chi connectivity index (χ0v) is 9.48. The summed E-state index contributed by atoms with van der Waals surface area (Å²) in [5, 5.41) is 0. The van der Waals surface area contributed by atoms with Gasteiger partial charge in [-0.2, -0.15) is 13.2 Å². The van der Waals surface area contributed by atoms with Crippen LogP contribution in [0, 0.1) is 0 Å². The Hall–Kier alpha value is -0.113. The average Bonchev–Trinajstić information content (AvgIpc) is 2.11. The normalized spacial score (nSPS) is 13.3. The second-order valence-electron chi connectivity index (χ2n) is 2.75. The zero-order chi connectivity index (χ0) is 11.2. The topological polar surface area (TPSA) is 27.7 Å². The lowest BCUT2D eigenvalue weighted by Crippen LogP contribution is -2.45. The first-order chi connectivity index (χ1) is 6.39. The van der Waals surface area contributed by atoms with E-state index >= 15 is 0 Å². The maximum Gasteiger partial charge on any atom is 0.500 e. The van der Waals surface area contributed by atoms with Crippen molar-refractivity contribution < 1.29 is 26.4 Å². The quantitative estimate of drug-likeness (QED) is 0.657. The van der Waals surface area contributed by atoms with Crippen molar-refractivity contribution in [3.8, 4) is 0 Å². The average molecular weight is 232 g/mol. The lowest BCUT2D eigenvalue weighted by atomic mass is 10.6. The third-order valence-electron chi connectivity index (χ3n) is 1.63. The fourth-order valence-electron chi connectivity index (χ4n) is 0.975. The van der Waals surface area contributed by atoms with Crippen LogP contribution in [0.2, 0.25) is 6.04 Å². The highest BCUT2D eigenvalue weighted by Crippen LogP contribution is 2.21. The molecule has 0 bridgehead atoms. The van der Waals surface area contributed by atoms with Gasteiger partial charge in [-0.25, -0.2) is 0 Å². The molecule has 0 saturated heterocycles. The van der Waals surface area contributed by atoms with E-state index in [4.69, 9.17) is 13.3 Å². The van der Waals surface area contributed by atoms with E-state index in [9.17, 15) is 13.2 Å².